The van der Waals surface area contributed by atoms with E-state index in [1.165, 1.54) is 0 Å². The number of aryl methyl sites for hydroxylation is 1. The van der Waals surface area contributed by atoms with Crippen LogP contribution in [0.5, 0.6) is 0 Å². The van der Waals surface area contributed by atoms with E-state index < -0.39 is 0 Å². The van der Waals surface area contributed by atoms with E-state index in [1.807, 2.05) is 43.7 Å². The van der Waals surface area contributed by atoms with Gasteiger partial charge in [0.05, 0.1) is 17.5 Å². The second-order valence-corrected chi connectivity index (χ2v) is 6.36. The maximum atomic E-state index is 12.5. The van der Waals surface area contributed by atoms with E-state index >= 15 is 0 Å². The van der Waals surface area contributed by atoms with E-state index in [2.05, 4.69) is 15.4 Å². The minimum absolute atomic E-state index is 0.0341. The summed E-state index contributed by atoms with van der Waals surface area (Å²) in [6, 6.07) is 2.03. The molecule has 23 heavy (non-hydrogen) atoms. The normalized spacial score (nSPS) is 20.6. The highest BCUT2D eigenvalue weighted by Crippen LogP contribution is 2.21. The number of pyridine rings is 1. The number of rotatable bonds is 4. The van der Waals surface area contributed by atoms with Gasteiger partial charge in [-0.1, -0.05) is 12.2 Å². The van der Waals surface area contributed by atoms with Crippen molar-refractivity contribution in [3.05, 3.63) is 35.7 Å². The number of aliphatic hydroxyl groups excluding tert-OH is 1. The number of fused-ring (bicyclic) bond motifs is 1. The van der Waals surface area contributed by atoms with Gasteiger partial charge in [-0.05, 0) is 33.3 Å². The average Bonchev–Trinajstić information content (AvgIpc) is 3.12. The van der Waals surface area contributed by atoms with Crippen molar-refractivity contribution in [1.29, 1.82) is 0 Å². The SMILES string of the molecule is Cc1nc2c(cnn2C(C)C)cc1C(=O)N[C@@H]1C=C[C@H](CO)C1. The number of aliphatic hydroxyl groups is 1. The quantitative estimate of drug-likeness (QED) is 0.846. The molecule has 2 aromatic heterocycles. The Hall–Kier alpha value is -2.21. The second-order valence-electron chi connectivity index (χ2n) is 6.36. The fourth-order valence-corrected chi connectivity index (χ4v) is 2.94. The lowest BCUT2D eigenvalue weighted by Crippen LogP contribution is -2.33. The van der Waals surface area contributed by atoms with Gasteiger partial charge in [-0.3, -0.25) is 4.79 Å². The topological polar surface area (TPSA) is 80.0 Å². The van der Waals surface area contributed by atoms with Gasteiger partial charge in [-0.25, -0.2) is 9.67 Å². The lowest BCUT2D eigenvalue weighted by molar-refractivity contribution is 0.0940. The molecule has 1 amide bonds. The molecule has 0 fully saturated rings. The highest BCUT2D eigenvalue weighted by molar-refractivity contribution is 5.98. The summed E-state index contributed by atoms with van der Waals surface area (Å²) < 4.78 is 1.86. The van der Waals surface area contributed by atoms with Crippen LogP contribution in [0.15, 0.2) is 24.4 Å². The Bertz CT molecular complexity index is 763. The van der Waals surface area contributed by atoms with Gasteiger partial charge in [0.15, 0.2) is 5.65 Å². The third kappa shape index (κ3) is 2.99. The van der Waals surface area contributed by atoms with E-state index in [0.29, 0.717) is 11.3 Å². The molecule has 0 saturated carbocycles. The number of aromatic nitrogens is 3. The molecular weight excluding hydrogens is 292 g/mol. The number of nitrogens with one attached hydrogen (secondary N) is 1. The fourth-order valence-electron chi connectivity index (χ4n) is 2.94. The molecule has 0 unspecified atom stereocenters. The van der Waals surface area contributed by atoms with Crippen LogP contribution in [0.1, 0.15) is 42.4 Å². The Morgan fingerprint density at radius 1 is 1.48 bits per heavy atom. The van der Waals surface area contributed by atoms with Crippen LogP contribution in [0, 0.1) is 12.8 Å². The third-order valence-corrected chi connectivity index (χ3v) is 4.22. The molecule has 6 heteroatoms. The van der Waals surface area contributed by atoms with Crippen molar-refractivity contribution in [2.45, 2.75) is 39.3 Å². The Labute approximate surface area is 135 Å². The number of carbonyl (C=O) groups is 1. The molecule has 0 aliphatic heterocycles. The van der Waals surface area contributed by atoms with Crippen LogP contribution in [0.2, 0.25) is 0 Å². The predicted molar refractivity (Wildman–Crippen MR) is 88.2 cm³/mol. The van der Waals surface area contributed by atoms with Crippen LogP contribution in [-0.2, 0) is 0 Å². The van der Waals surface area contributed by atoms with E-state index in [1.54, 1.807) is 6.20 Å². The number of carbonyl (C=O) groups excluding carboxylic acids is 1. The van der Waals surface area contributed by atoms with Crippen molar-refractivity contribution in [2.24, 2.45) is 5.92 Å². The molecule has 2 atom stereocenters. The number of hydrogen-bond acceptors (Lipinski definition) is 4. The molecule has 0 bridgehead atoms. The van der Waals surface area contributed by atoms with Crippen LogP contribution in [-0.4, -0.2) is 38.4 Å². The van der Waals surface area contributed by atoms with Gasteiger partial charge < -0.3 is 10.4 Å². The lowest BCUT2D eigenvalue weighted by Gasteiger charge is -2.14. The van der Waals surface area contributed by atoms with Crippen molar-refractivity contribution in [3.63, 3.8) is 0 Å². The molecule has 0 spiro atoms. The van der Waals surface area contributed by atoms with Crippen molar-refractivity contribution in [2.75, 3.05) is 6.61 Å². The van der Waals surface area contributed by atoms with Crippen LogP contribution >= 0.6 is 0 Å². The minimum atomic E-state index is -0.137. The maximum Gasteiger partial charge on any atom is 0.253 e. The van der Waals surface area contributed by atoms with E-state index in [4.69, 9.17) is 5.11 Å². The summed E-state index contributed by atoms with van der Waals surface area (Å²) in [7, 11) is 0. The second kappa shape index (κ2) is 6.12. The zero-order valence-corrected chi connectivity index (χ0v) is 13.7. The molecule has 0 radical (unpaired) electrons. The van der Waals surface area contributed by atoms with Crippen molar-refractivity contribution in [1.82, 2.24) is 20.1 Å². The van der Waals surface area contributed by atoms with Crippen LogP contribution < -0.4 is 5.32 Å². The summed E-state index contributed by atoms with van der Waals surface area (Å²) in [5.41, 5.74) is 2.06. The summed E-state index contributed by atoms with van der Waals surface area (Å²) in [4.78, 5) is 17.1. The standard InChI is InChI=1S/C17H22N4O2/c1-10(2)21-16-13(8-18-21)7-15(11(3)19-16)17(23)20-14-5-4-12(6-14)9-22/h4-5,7-8,10,12,14,22H,6,9H2,1-3H3,(H,20,23)/t12-,14+/m0/s1. The van der Waals surface area contributed by atoms with Gasteiger partial charge >= 0.3 is 0 Å². The van der Waals surface area contributed by atoms with Gasteiger partial charge in [0.2, 0.25) is 0 Å². The largest absolute Gasteiger partial charge is 0.396 e. The van der Waals surface area contributed by atoms with Gasteiger partial charge in [-0.15, -0.1) is 0 Å². The summed E-state index contributed by atoms with van der Waals surface area (Å²) >= 11 is 0. The molecule has 0 aromatic carbocycles. The van der Waals surface area contributed by atoms with Gasteiger partial charge in [-0.2, -0.15) is 5.10 Å². The Morgan fingerprint density at radius 2 is 2.26 bits per heavy atom. The Morgan fingerprint density at radius 3 is 2.91 bits per heavy atom. The van der Waals surface area contributed by atoms with Gasteiger partial charge in [0.25, 0.3) is 5.91 Å². The summed E-state index contributed by atoms with van der Waals surface area (Å²) in [6.07, 6.45) is 6.38. The number of amides is 1. The van der Waals surface area contributed by atoms with E-state index in [-0.39, 0.29) is 30.5 Å². The monoisotopic (exact) mass is 314 g/mol. The first-order valence-corrected chi connectivity index (χ1v) is 7.94. The van der Waals surface area contributed by atoms with Crippen molar-refractivity contribution < 1.29 is 9.90 Å². The van der Waals surface area contributed by atoms with Crippen LogP contribution in [0.25, 0.3) is 11.0 Å². The molecule has 2 N–H and O–H groups in total. The highest BCUT2D eigenvalue weighted by atomic mass is 16.3. The predicted octanol–water partition coefficient (Wildman–Crippen LogP) is 1.99. The molecule has 2 heterocycles. The molecule has 2 aromatic rings. The zero-order chi connectivity index (χ0) is 16.6. The minimum Gasteiger partial charge on any atom is -0.396 e. The first kappa shape index (κ1) is 15.7. The highest BCUT2D eigenvalue weighted by Gasteiger charge is 2.22. The lowest BCUT2D eigenvalue weighted by atomic mass is 10.1. The molecule has 1 aliphatic carbocycles. The fraction of sp³-hybridized carbons (Fsp3) is 0.471. The number of nitrogens with zero attached hydrogens (tertiary/aromatic N) is 3. The van der Waals surface area contributed by atoms with E-state index in [9.17, 15) is 4.79 Å². The third-order valence-electron chi connectivity index (χ3n) is 4.22. The van der Waals surface area contributed by atoms with Gasteiger partial charge in [0.1, 0.15) is 0 Å². The Kier molecular flexibility index (Phi) is 4.17. The smallest absolute Gasteiger partial charge is 0.253 e. The maximum absolute atomic E-state index is 12.5. The zero-order valence-electron chi connectivity index (χ0n) is 13.7. The summed E-state index contributed by atoms with van der Waals surface area (Å²) in [5, 5.41) is 17.4. The Balaban J connectivity index is 1.84. The first-order chi connectivity index (χ1) is 11.0. The number of hydrogen-bond donors (Lipinski definition) is 2. The molecule has 1 aliphatic rings. The first-order valence-electron chi connectivity index (χ1n) is 7.94. The van der Waals surface area contributed by atoms with E-state index in [0.717, 1.165) is 17.5 Å². The van der Waals surface area contributed by atoms with Crippen LogP contribution in [0.4, 0.5) is 0 Å². The summed E-state index contributed by atoms with van der Waals surface area (Å²) in [6.45, 7) is 6.05. The molecule has 6 nitrogen and oxygen atoms in total. The molecular formula is C17H22N4O2. The van der Waals surface area contributed by atoms with Crippen molar-refractivity contribution in [3.8, 4) is 0 Å². The van der Waals surface area contributed by atoms with Crippen LogP contribution in [0.3, 0.4) is 0 Å². The van der Waals surface area contributed by atoms with Crippen molar-refractivity contribution >= 4 is 16.9 Å². The van der Waals surface area contributed by atoms with Gasteiger partial charge in [0, 0.05) is 30.0 Å². The molecule has 122 valence electrons. The molecule has 3 rings (SSSR count). The average molecular weight is 314 g/mol. The molecule has 0 saturated heterocycles. The summed E-state index contributed by atoms with van der Waals surface area (Å²) in [5.74, 6) is -0.00582.